The summed E-state index contributed by atoms with van der Waals surface area (Å²) in [5, 5.41) is 10.4. The van der Waals surface area contributed by atoms with Crippen molar-refractivity contribution in [2.24, 2.45) is 23.0 Å². The van der Waals surface area contributed by atoms with E-state index in [9.17, 15) is 5.11 Å². The minimum Gasteiger partial charge on any atom is -0.392 e. The summed E-state index contributed by atoms with van der Waals surface area (Å²) in [5.41, 5.74) is 5.96. The van der Waals surface area contributed by atoms with Gasteiger partial charge in [-0.1, -0.05) is 19.8 Å². The van der Waals surface area contributed by atoms with Crippen molar-refractivity contribution in [1.82, 2.24) is 0 Å². The largest absolute Gasteiger partial charge is 0.392 e. The molecule has 2 saturated carbocycles. The van der Waals surface area contributed by atoms with Crippen LogP contribution in [-0.4, -0.2) is 17.8 Å². The molecule has 3 unspecified atom stereocenters. The molecule has 3 atom stereocenters. The molecular weight excluding hydrogens is 174 g/mol. The predicted molar refractivity (Wildman–Crippen MR) is 57.9 cm³/mol. The SMILES string of the molecule is CC1CCC(CN)(C(O)C2CCC2)C1. The Morgan fingerprint density at radius 2 is 2.14 bits per heavy atom. The molecule has 0 bridgehead atoms. The van der Waals surface area contributed by atoms with Crippen LogP contribution in [0.3, 0.4) is 0 Å². The van der Waals surface area contributed by atoms with Crippen molar-refractivity contribution in [2.75, 3.05) is 6.54 Å². The predicted octanol–water partition coefficient (Wildman–Crippen LogP) is 1.91. The maximum absolute atomic E-state index is 10.4. The average molecular weight is 197 g/mol. The van der Waals surface area contributed by atoms with E-state index >= 15 is 0 Å². The van der Waals surface area contributed by atoms with Crippen molar-refractivity contribution in [3.8, 4) is 0 Å². The Kier molecular flexibility index (Phi) is 2.85. The zero-order chi connectivity index (χ0) is 10.2. The first-order valence-corrected chi connectivity index (χ1v) is 6.06. The quantitative estimate of drug-likeness (QED) is 0.726. The van der Waals surface area contributed by atoms with Crippen molar-refractivity contribution in [3.63, 3.8) is 0 Å². The lowest BCUT2D eigenvalue weighted by Gasteiger charge is -2.42. The van der Waals surface area contributed by atoms with Crippen LogP contribution in [0.1, 0.15) is 45.4 Å². The zero-order valence-corrected chi connectivity index (χ0v) is 9.21. The minimum atomic E-state index is -0.119. The first-order valence-electron chi connectivity index (χ1n) is 6.06. The smallest absolute Gasteiger partial charge is 0.0636 e. The van der Waals surface area contributed by atoms with Gasteiger partial charge in [-0.15, -0.1) is 0 Å². The number of rotatable bonds is 3. The third kappa shape index (κ3) is 1.59. The maximum Gasteiger partial charge on any atom is 0.0636 e. The first kappa shape index (κ1) is 10.4. The summed E-state index contributed by atoms with van der Waals surface area (Å²) in [6.45, 7) is 2.96. The van der Waals surface area contributed by atoms with Crippen molar-refractivity contribution < 1.29 is 5.11 Å². The summed E-state index contributed by atoms with van der Waals surface area (Å²) in [7, 11) is 0. The molecule has 0 amide bonds. The number of aliphatic hydroxyl groups excluding tert-OH is 1. The van der Waals surface area contributed by atoms with Crippen molar-refractivity contribution >= 4 is 0 Å². The number of hydrogen-bond acceptors (Lipinski definition) is 2. The molecule has 2 nitrogen and oxygen atoms in total. The molecule has 0 aromatic carbocycles. The van der Waals surface area contributed by atoms with E-state index < -0.39 is 0 Å². The highest BCUT2D eigenvalue weighted by atomic mass is 16.3. The van der Waals surface area contributed by atoms with Gasteiger partial charge in [-0.2, -0.15) is 0 Å². The van der Waals surface area contributed by atoms with E-state index in [1.54, 1.807) is 0 Å². The van der Waals surface area contributed by atoms with Gasteiger partial charge in [0.1, 0.15) is 0 Å². The fourth-order valence-electron chi connectivity index (χ4n) is 3.26. The van der Waals surface area contributed by atoms with Crippen molar-refractivity contribution in [2.45, 2.75) is 51.6 Å². The zero-order valence-electron chi connectivity index (χ0n) is 9.21. The van der Waals surface area contributed by atoms with Gasteiger partial charge in [-0.25, -0.2) is 0 Å². The molecule has 82 valence electrons. The highest BCUT2D eigenvalue weighted by Crippen LogP contribution is 2.48. The molecule has 3 N–H and O–H groups in total. The van der Waals surface area contributed by atoms with Gasteiger partial charge in [0, 0.05) is 12.0 Å². The number of hydrogen-bond donors (Lipinski definition) is 2. The molecule has 0 heterocycles. The summed E-state index contributed by atoms with van der Waals surface area (Å²) in [6, 6.07) is 0. The van der Waals surface area contributed by atoms with Crippen LogP contribution in [0, 0.1) is 17.3 Å². The minimum absolute atomic E-state index is 0.0739. The lowest BCUT2D eigenvalue weighted by Crippen LogP contribution is -2.46. The second kappa shape index (κ2) is 3.82. The first-order chi connectivity index (χ1) is 6.68. The van der Waals surface area contributed by atoms with Crippen molar-refractivity contribution in [1.29, 1.82) is 0 Å². The lowest BCUT2D eigenvalue weighted by molar-refractivity contribution is -0.0394. The third-order valence-electron chi connectivity index (χ3n) is 4.52. The molecule has 2 aliphatic carbocycles. The van der Waals surface area contributed by atoms with E-state index in [2.05, 4.69) is 6.92 Å². The van der Waals surface area contributed by atoms with E-state index in [-0.39, 0.29) is 11.5 Å². The molecule has 0 aliphatic heterocycles. The van der Waals surface area contributed by atoms with Gasteiger partial charge in [0.2, 0.25) is 0 Å². The van der Waals surface area contributed by atoms with Gasteiger partial charge < -0.3 is 10.8 Å². The van der Waals surface area contributed by atoms with E-state index in [4.69, 9.17) is 5.73 Å². The van der Waals surface area contributed by atoms with Gasteiger partial charge in [-0.05, 0) is 37.5 Å². The second-order valence-corrected chi connectivity index (χ2v) is 5.55. The van der Waals surface area contributed by atoms with Crippen LogP contribution in [0.4, 0.5) is 0 Å². The van der Waals surface area contributed by atoms with Crippen LogP contribution in [-0.2, 0) is 0 Å². The highest BCUT2D eigenvalue weighted by Gasteiger charge is 2.46. The maximum atomic E-state index is 10.4. The Balaban J connectivity index is 2.03. The fourth-order valence-corrected chi connectivity index (χ4v) is 3.26. The molecule has 0 aromatic heterocycles. The topological polar surface area (TPSA) is 46.2 Å². The van der Waals surface area contributed by atoms with E-state index in [1.165, 1.54) is 25.7 Å². The summed E-state index contributed by atoms with van der Waals surface area (Å²) in [5.74, 6) is 1.32. The Morgan fingerprint density at radius 3 is 2.50 bits per heavy atom. The molecule has 14 heavy (non-hydrogen) atoms. The van der Waals surface area contributed by atoms with Crippen LogP contribution in [0.25, 0.3) is 0 Å². The van der Waals surface area contributed by atoms with Gasteiger partial charge >= 0.3 is 0 Å². The van der Waals surface area contributed by atoms with E-state index in [0.717, 1.165) is 18.8 Å². The monoisotopic (exact) mass is 197 g/mol. The Labute approximate surface area is 86.9 Å². The van der Waals surface area contributed by atoms with Crippen LogP contribution < -0.4 is 5.73 Å². The average Bonchev–Trinajstić information content (AvgIpc) is 2.45. The number of aliphatic hydroxyl groups is 1. The normalized spacial score (nSPS) is 40.9. The van der Waals surface area contributed by atoms with Gasteiger partial charge in [0.05, 0.1) is 6.10 Å². The van der Waals surface area contributed by atoms with Crippen LogP contribution in [0.15, 0.2) is 0 Å². The van der Waals surface area contributed by atoms with Crippen LogP contribution in [0.2, 0.25) is 0 Å². The van der Waals surface area contributed by atoms with E-state index in [0.29, 0.717) is 12.5 Å². The Morgan fingerprint density at radius 1 is 1.43 bits per heavy atom. The van der Waals surface area contributed by atoms with Crippen LogP contribution >= 0.6 is 0 Å². The molecule has 0 spiro atoms. The summed E-state index contributed by atoms with van der Waals surface area (Å²) >= 11 is 0. The summed E-state index contributed by atoms with van der Waals surface area (Å²) in [6.07, 6.45) is 7.16. The molecule has 0 saturated heterocycles. The van der Waals surface area contributed by atoms with E-state index in [1.807, 2.05) is 0 Å². The Hall–Kier alpha value is -0.0800. The Bertz CT molecular complexity index is 202. The third-order valence-corrected chi connectivity index (χ3v) is 4.52. The van der Waals surface area contributed by atoms with Crippen LogP contribution in [0.5, 0.6) is 0 Å². The van der Waals surface area contributed by atoms with Crippen molar-refractivity contribution in [3.05, 3.63) is 0 Å². The van der Waals surface area contributed by atoms with Gasteiger partial charge in [0.15, 0.2) is 0 Å². The molecule has 2 fully saturated rings. The fraction of sp³-hybridized carbons (Fsp3) is 1.00. The molecule has 2 rings (SSSR count). The molecule has 2 heteroatoms. The van der Waals surface area contributed by atoms with Gasteiger partial charge in [-0.3, -0.25) is 0 Å². The van der Waals surface area contributed by atoms with Gasteiger partial charge in [0.25, 0.3) is 0 Å². The molecular formula is C12H23NO. The summed E-state index contributed by atoms with van der Waals surface area (Å²) in [4.78, 5) is 0. The highest BCUT2D eigenvalue weighted by molar-refractivity contribution is 4.98. The standard InChI is InChI=1S/C12H23NO/c1-9-5-6-12(7-9,8-13)11(14)10-3-2-4-10/h9-11,14H,2-8,13H2,1H3. The number of nitrogens with two attached hydrogens (primary N) is 1. The summed E-state index contributed by atoms with van der Waals surface area (Å²) < 4.78 is 0. The molecule has 0 aromatic rings. The second-order valence-electron chi connectivity index (χ2n) is 5.55. The molecule has 2 aliphatic rings. The molecule has 0 radical (unpaired) electrons. The lowest BCUT2D eigenvalue weighted by atomic mass is 9.68.